The number of nitrogens with zero attached hydrogens (tertiary/aromatic N) is 2. The van der Waals surface area contributed by atoms with Crippen LogP contribution in [0.4, 0.5) is 24.8 Å². The fourth-order valence-corrected chi connectivity index (χ4v) is 1.66. The Hall–Kier alpha value is -1.53. The first-order valence-electron chi connectivity index (χ1n) is 6.77. The van der Waals surface area contributed by atoms with Crippen LogP contribution < -0.4 is 10.6 Å². The number of anilines is 2. The average molecular weight is 290 g/mol. The Morgan fingerprint density at radius 2 is 1.75 bits per heavy atom. The van der Waals surface area contributed by atoms with E-state index in [0.717, 1.165) is 12.8 Å². The summed E-state index contributed by atoms with van der Waals surface area (Å²) < 4.78 is 38.1. The molecule has 20 heavy (non-hydrogen) atoms. The van der Waals surface area contributed by atoms with Crippen LogP contribution in [0.15, 0.2) is 6.07 Å². The smallest absolute Gasteiger partial charge is 0.370 e. The zero-order chi connectivity index (χ0) is 15.2. The maximum Gasteiger partial charge on any atom is 0.451 e. The van der Waals surface area contributed by atoms with Gasteiger partial charge >= 0.3 is 6.18 Å². The third-order valence-electron chi connectivity index (χ3n) is 2.60. The standard InChI is InChI=1S/C13H21F3N4/c1-4-17-10-8-11(18-7-5-6-9(2)3)20-12(19-10)13(14,15)16/h8-9H,4-7H2,1-3H3,(H2,17,18,19,20). The van der Waals surface area contributed by atoms with E-state index in [1.54, 1.807) is 6.92 Å². The molecule has 114 valence electrons. The molecule has 1 aromatic heterocycles. The number of halogens is 3. The van der Waals surface area contributed by atoms with Crippen LogP contribution >= 0.6 is 0 Å². The maximum absolute atomic E-state index is 12.7. The lowest BCUT2D eigenvalue weighted by Gasteiger charge is -2.12. The number of hydrogen-bond donors (Lipinski definition) is 2. The Balaban J connectivity index is 2.76. The summed E-state index contributed by atoms with van der Waals surface area (Å²) in [5.41, 5.74) is 0. The number of nitrogens with one attached hydrogen (secondary N) is 2. The lowest BCUT2D eigenvalue weighted by molar-refractivity contribution is -0.144. The lowest BCUT2D eigenvalue weighted by Crippen LogP contribution is -2.15. The average Bonchev–Trinajstić information content (AvgIpc) is 2.33. The van der Waals surface area contributed by atoms with Crippen LogP contribution in [0.25, 0.3) is 0 Å². The summed E-state index contributed by atoms with van der Waals surface area (Å²) in [6, 6.07) is 1.49. The molecule has 0 amide bonds. The van der Waals surface area contributed by atoms with Crippen LogP contribution in [0.3, 0.4) is 0 Å². The molecule has 0 radical (unpaired) electrons. The first kappa shape index (κ1) is 16.5. The van der Waals surface area contributed by atoms with Crippen molar-refractivity contribution in [3.05, 3.63) is 11.9 Å². The van der Waals surface area contributed by atoms with Gasteiger partial charge in [0.15, 0.2) is 0 Å². The van der Waals surface area contributed by atoms with Gasteiger partial charge in [-0.25, -0.2) is 9.97 Å². The molecule has 0 unspecified atom stereocenters. The molecule has 0 aliphatic rings. The van der Waals surface area contributed by atoms with E-state index in [0.29, 0.717) is 19.0 Å². The van der Waals surface area contributed by atoms with Gasteiger partial charge in [-0.05, 0) is 25.7 Å². The van der Waals surface area contributed by atoms with Gasteiger partial charge in [0.05, 0.1) is 0 Å². The van der Waals surface area contributed by atoms with Crippen LogP contribution in [0.5, 0.6) is 0 Å². The highest BCUT2D eigenvalue weighted by molar-refractivity contribution is 5.47. The fraction of sp³-hybridized carbons (Fsp3) is 0.692. The van der Waals surface area contributed by atoms with Gasteiger partial charge in [-0.15, -0.1) is 0 Å². The molecule has 0 spiro atoms. The van der Waals surface area contributed by atoms with Crippen molar-refractivity contribution < 1.29 is 13.2 Å². The van der Waals surface area contributed by atoms with E-state index in [9.17, 15) is 13.2 Å². The minimum Gasteiger partial charge on any atom is -0.370 e. The number of aromatic nitrogens is 2. The first-order chi connectivity index (χ1) is 9.32. The van der Waals surface area contributed by atoms with Crippen molar-refractivity contribution >= 4 is 11.6 Å². The van der Waals surface area contributed by atoms with E-state index in [2.05, 4.69) is 34.4 Å². The van der Waals surface area contributed by atoms with Gasteiger partial charge in [0.25, 0.3) is 0 Å². The van der Waals surface area contributed by atoms with Crippen molar-refractivity contribution in [2.75, 3.05) is 23.7 Å². The van der Waals surface area contributed by atoms with Crippen molar-refractivity contribution in [3.8, 4) is 0 Å². The second-order valence-corrected chi connectivity index (χ2v) is 4.95. The van der Waals surface area contributed by atoms with Gasteiger partial charge in [-0.3, -0.25) is 0 Å². The predicted molar refractivity (Wildman–Crippen MR) is 73.8 cm³/mol. The Kier molecular flexibility index (Phi) is 6.04. The van der Waals surface area contributed by atoms with Crippen molar-refractivity contribution in [1.29, 1.82) is 0 Å². The van der Waals surface area contributed by atoms with E-state index in [1.807, 2.05) is 0 Å². The van der Waals surface area contributed by atoms with E-state index >= 15 is 0 Å². The molecule has 0 aliphatic heterocycles. The summed E-state index contributed by atoms with van der Waals surface area (Å²) in [5, 5.41) is 5.70. The number of rotatable bonds is 7. The van der Waals surface area contributed by atoms with Crippen LogP contribution in [0.1, 0.15) is 39.4 Å². The first-order valence-corrected chi connectivity index (χ1v) is 6.77. The molecule has 0 fully saturated rings. The summed E-state index contributed by atoms with van der Waals surface area (Å²) in [4.78, 5) is 6.98. The van der Waals surface area contributed by atoms with Gasteiger partial charge in [0.2, 0.25) is 5.82 Å². The second-order valence-electron chi connectivity index (χ2n) is 4.95. The highest BCUT2D eigenvalue weighted by Crippen LogP contribution is 2.28. The molecule has 0 aromatic carbocycles. The topological polar surface area (TPSA) is 49.8 Å². The molecule has 7 heteroatoms. The van der Waals surface area contributed by atoms with Gasteiger partial charge < -0.3 is 10.6 Å². The van der Waals surface area contributed by atoms with E-state index in [4.69, 9.17) is 0 Å². The number of alkyl halides is 3. The third-order valence-corrected chi connectivity index (χ3v) is 2.60. The van der Waals surface area contributed by atoms with Crippen molar-refractivity contribution in [2.45, 2.75) is 39.8 Å². The van der Waals surface area contributed by atoms with Crippen molar-refractivity contribution in [1.82, 2.24) is 9.97 Å². The monoisotopic (exact) mass is 290 g/mol. The van der Waals surface area contributed by atoms with Crippen molar-refractivity contribution in [3.63, 3.8) is 0 Å². The predicted octanol–water partition coefficient (Wildman–Crippen LogP) is 3.78. The summed E-state index contributed by atoms with van der Waals surface area (Å²) in [5.74, 6) is -0.166. The summed E-state index contributed by atoms with van der Waals surface area (Å²) in [6.07, 6.45) is -2.64. The van der Waals surface area contributed by atoms with Gasteiger partial charge in [-0.2, -0.15) is 13.2 Å². The zero-order valence-electron chi connectivity index (χ0n) is 12.0. The molecule has 0 bridgehead atoms. The second kappa shape index (κ2) is 7.31. The molecular formula is C13H21F3N4. The molecule has 4 nitrogen and oxygen atoms in total. The molecule has 1 rings (SSSR count). The molecule has 1 aromatic rings. The Morgan fingerprint density at radius 3 is 2.25 bits per heavy atom. The highest BCUT2D eigenvalue weighted by Gasteiger charge is 2.35. The molecule has 2 N–H and O–H groups in total. The zero-order valence-corrected chi connectivity index (χ0v) is 12.0. The van der Waals surface area contributed by atoms with Gasteiger partial charge in [0, 0.05) is 19.2 Å². The summed E-state index contributed by atoms with van der Waals surface area (Å²) in [7, 11) is 0. The van der Waals surface area contributed by atoms with Crippen LogP contribution in [-0.4, -0.2) is 23.1 Å². The van der Waals surface area contributed by atoms with E-state index in [-0.39, 0.29) is 11.6 Å². The quantitative estimate of drug-likeness (QED) is 0.750. The fourth-order valence-electron chi connectivity index (χ4n) is 1.66. The molecule has 1 heterocycles. The minimum atomic E-state index is -4.54. The molecule has 0 saturated carbocycles. The van der Waals surface area contributed by atoms with Gasteiger partial charge in [-0.1, -0.05) is 13.8 Å². The number of hydrogen-bond acceptors (Lipinski definition) is 4. The summed E-state index contributed by atoms with van der Waals surface area (Å²) >= 11 is 0. The molecule has 0 saturated heterocycles. The summed E-state index contributed by atoms with van der Waals surface area (Å²) in [6.45, 7) is 7.11. The highest BCUT2D eigenvalue weighted by atomic mass is 19.4. The van der Waals surface area contributed by atoms with Crippen molar-refractivity contribution in [2.24, 2.45) is 5.92 Å². The van der Waals surface area contributed by atoms with E-state index in [1.165, 1.54) is 6.07 Å². The molecule has 0 atom stereocenters. The largest absolute Gasteiger partial charge is 0.451 e. The molecular weight excluding hydrogens is 269 g/mol. The van der Waals surface area contributed by atoms with Crippen LogP contribution in [0, 0.1) is 5.92 Å². The minimum absolute atomic E-state index is 0.182. The van der Waals surface area contributed by atoms with Gasteiger partial charge in [0.1, 0.15) is 11.6 Å². The SMILES string of the molecule is CCNc1cc(NCCCC(C)C)nc(C(F)(F)F)n1. The third kappa shape index (κ3) is 5.63. The maximum atomic E-state index is 12.7. The normalized spacial score (nSPS) is 11.8. The molecule has 0 aliphatic carbocycles. The van der Waals surface area contributed by atoms with E-state index < -0.39 is 12.0 Å². The van der Waals surface area contributed by atoms with Crippen LogP contribution in [0.2, 0.25) is 0 Å². The Labute approximate surface area is 117 Å². The Bertz CT molecular complexity index is 419. The van der Waals surface area contributed by atoms with Crippen LogP contribution in [-0.2, 0) is 6.18 Å². The lowest BCUT2D eigenvalue weighted by atomic mass is 10.1. The Morgan fingerprint density at radius 1 is 1.15 bits per heavy atom.